The van der Waals surface area contributed by atoms with Gasteiger partial charge < -0.3 is 14.2 Å². The maximum absolute atomic E-state index is 14.7. The first-order chi connectivity index (χ1) is 11.7. The first-order valence-electron chi connectivity index (χ1n) is 8.25. The Morgan fingerprint density at radius 2 is 1.79 bits per heavy atom. The smallest absolute Gasteiger partial charge is 0.207 e. The third kappa shape index (κ3) is 2.39. The molecular formula is C19H18F2O3. The van der Waals surface area contributed by atoms with Gasteiger partial charge in [0.1, 0.15) is 6.61 Å². The van der Waals surface area contributed by atoms with E-state index in [2.05, 4.69) is 0 Å². The summed E-state index contributed by atoms with van der Waals surface area (Å²) in [6.45, 7) is 2.12. The van der Waals surface area contributed by atoms with E-state index in [4.69, 9.17) is 14.2 Å². The van der Waals surface area contributed by atoms with Gasteiger partial charge in [0.25, 0.3) is 0 Å². The number of hydrogen-bond acceptors (Lipinski definition) is 3. The first-order valence-corrected chi connectivity index (χ1v) is 8.25. The summed E-state index contributed by atoms with van der Waals surface area (Å²) >= 11 is 0. The van der Waals surface area contributed by atoms with Crippen molar-refractivity contribution in [3.8, 4) is 28.4 Å². The van der Waals surface area contributed by atoms with E-state index in [1.807, 2.05) is 0 Å². The van der Waals surface area contributed by atoms with E-state index in [9.17, 15) is 8.78 Å². The van der Waals surface area contributed by atoms with Gasteiger partial charge in [-0.2, -0.15) is 4.39 Å². The lowest BCUT2D eigenvalue weighted by molar-refractivity contribution is 0.114. The van der Waals surface area contributed by atoms with Crippen molar-refractivity contribution in [2.45, 2.75) is 38.9 Å². The number of halogens is 2. The van der Waals surface area contributed by atoms with Crippen LogP contribution < -0.4 is 14.2 Å². The summed E-state index contributed by atoms with van der Waals surface area (Å²) < 4.78 is 45.6. The Balaban J connectivity index is 1.73. The van der Waals surface area contributed by atoms with Crippen LogP contribution in [0.5, 0.6) is 17.2 Å². The van der Waals surface area contributed by atoms with E-state index < -0.39 is 11.6 Å². The van der Waals surface area contributed by atoms with E-state index in [0.717, 1.165) is 19.3 Å². The molecule has 3 nitrogen and oxygen atoms in total. The van der Waals surface area contributed by atoms with Crippen LogP contribution in [0.25, 0.3) is 11.1 Å². The van der Waals surface area contributed by atoms with Crippen LogP contribution in [-0.2, 0) is 6.61 Å². The molecule has 0 unspecified atom stereocenters. The summed E-state index contributed by atoms with van der Waals surface area (Å²) in [4.78, 5) is 0. The fourth-order valence-electron chi connectivity index (χ4n) is 3.05. The number of hydrogen-bond donors (Lipinski definition) is 0. The molecule has 24 heavy (non-hydrogen) atoms. The molecule has 4 rings (SSSR count). The van der Waals surface area contributed by atoms with Crippen LogP contribution in [0.1, 0.15) is 31.7 Å². The van der Waals surface area contributed by atoms with E-state index in [1.54, 1.807) is 31.2 Å². The van der Waals surface area contributed by atoms with Crippen molar-refractivity contribution in [1.29, 1.82) is 0 Å². The highest BCUT2D eigenvalue weighted by molar-refractivity contribution is 5.77. The molecule has 2 aromatic rings. The van der Waals surface area contributed by atoms with Crippen molar-refractivity contribution in [2.24, 2.45) is 0 Å². The molecule has 0 atom stereocenters. The molecule has 0 bridgehead atoms. The van der Waals surface area contributed by atoms with Gasteiger partial charge in [0, 0.05) is 11.1 Å². The summed E-state index contributed by atoms with van der Waals surface area (Å²) in [6, 6.07) is 6.64. The Morgan fingerprint density at radius 1 is 1.04 bits per heavy atom. The van der Waals surface area contributed by atoms with Crippen molar-refractivity contribution in [2.75, 3.05) is 6.61 Å². The molecule has 1 saturated carbocycles. The van der Waals surface area contributed by atoms with Crippen molar-refractivity contribution in [3.63, 3.8) is 0 Å². The van der Waals surface area contributed by atoms with Crippen LogP contribution in [0.4, 0.5) is 8.78 Å². The number of ether oxygens (including phenoxy) is 3. The molecule has 1 aliphatic heterocycles. The van der Waals surface area contributed by atoms with Crippen LogP contribution in [0.15, 0.2) is 24.3 Å². The topological polar surface area (TPSA) is 27.7 Å². The summed E-state index contributed by atoms with van der Waals surface area (Å²) in [5.74, 6) is -0.461. The summed E-state index contributed by atoms with van der Waals surface area (Å²) in [6.07, 6.45) is 3.14. The van der Waals surface area contributed by atoms with Gasteiger partial charge in [-0.05, 0) is 56.0 Å². The Morgan fingerprint density at radius 3 is 2.50 bits per heavy atom. The van der Waals surface area contributed by atoms with Gasteiger partial charge in [0.2, 0.25) is 5.82 Å². The number of fused-ring (bicyclic) bond motifs is 3. The second kappa shape index (κ2) is 5.96. The molecular weight excluding hydrogens is 314 g/mol. The summed E-state index contributed by atoms with van der Waals surface area (Å²) in [7, 11) is 0. The van der Waals surface area contributed by atoms with Gasteiger partial charge in [0.15, 0.2) is 23.1 Å². The average Bonchev–Trinajstić information content (AvgIpc) is 2.55. The molecule has 0 saturated heterocycles. The highest BCUT2D eigenvalue weighted by Gasteiger charge is 2.28. The molecule has 0 amide bonds. The Labute approximate surface area is 139 Å². The van der Waals surface area contributed by atoms with Crippen LogP contribution in [0.2, 0.25) is 0 Å². The Hall–Kier alpha value is -2.30. The van der Waals surface area contributed by atoms with E-state index in [0.29, 0.717) is 23.3 Å². The zero-order valence-electron chi connectivity index (χ0n) is 13.4. The Bertz CT molecular complexity index is 785. The number of benzene rings is 2. The lowest BCUT2D eigenvalue weighted by Gasteiger charge is -2.28. The van der Waals surface area contributed by atoms with Crippen LogP contribution in [0.3, 0.4) is 0 Å². The number of rotatable bonds is 4. The zero-order valence-corrected chi connectivity index (χ0v) is 13.4. The second-order valence-corrected chi connectivity index (χ2v) is 6.05. The normalized spacial score (nSPS) is 15.8. The van der Waals surface area contributed by atoms with Crippen LogP contribution in [-0.4, -0.2) is 12.7 Å². The molecule has 0 N–H and O–H groups in total. The van der Waals surface area contributed by atoms with Gasteiger partial charge in [-0.1, -0.05) is 0 Å². The molecule has 1 aliphatic carbocycles. The van der Waals surface area contributed by atoms with Crippen molar-refractivity contribution >= 4 is 0 Å². The molecule has 0 radical (unpaired) electrons. The van der Waals surface area contributed by atoms with Gasteiger partial charge in [-0.15, -0.1) is 0 Å². The van der Waals surface area contributed by atoms with Crippen LogP contribution in [0, 0.1) is 11.6 Å². The summed E-state index contributed by atoms with van der Waals surface area (Å²) in [5, 5.41) is 0. The molecule has 5 heteroatoms. The van der Waals surface area contributed by atoms with E-state index in [-0.39, 0.29) is 30.0 Å². The molecule has 0 spiro atoms. The van der Waals surface area contributed by atoms with E-state index >= 15 is 0 Å². The molecule has 1 heterocycles. The van der Waals surface area contributed by atoms with Crippen LogP contribution >= 0.6 is 0 Å². The maximum atomic E-state index is 14.7. The predicted octanol–water partition coefficient (Wildman–Crippen LogP) is 4.85. The van der Waals surface area contributed by atoms with Crippen molar-refractivity contribution in [1.82, 2.24) is 0 Å². The highest BCUT2D eigenvalue weighted by Crippen LogP contribution is 2.44. The SMILES string of the molecule is CCOc1ccc2c(c1F)OCc1c-2ccc(OC2CCC2)c1F. The van der Waals surface area contributed by atoms with Gasteiger partial charge in [-0.25, -0.2) is 4.39 Å². The summed E-state index contributed by atoms with van der Waals surface area (Å²) in [5.41, 5.74) is 1.57. The van der Waals surface area contributed by atoms with Gasteiger partial charge in [-0.3, -0.25) is 0 Å². The molecule has 2 aromatic carbocycles. The minimum absolute atomic E-state index is 0.0253. The molecule has 0 aromatic heterocycles. The lowest BCUT2D eigenvalue weighted by atomic mass is 9.94. The maximum Gasteiger partial charge on any atom is 0.207 e. The average molecular weight is 332 g/mol. The first kappa shape index (κ1) is 15.2. The molecule has 126 valence electrons. The Kier molecular flexibility index (Phi) is 3.79. The third-order valence-electron chi connectivity index (χ3n) is 4.57. The van der Waals surface area contributed by atoms with Gasteiger partial charge in [0.05, 0.1) is 12.7 Å². The van der Waals surface area contributed by atoms with Crippen molar-refractivity contribution < 1.29 is 23.0 Å². The minimum atomic E-state index is -0.546. The fourth-order valence-corrected chi connectivity index (χ4v) is 3.05. The lowest BCUT2D eigenvalue weighted by Crippen LogP contribution is -2.25. The second-order valence-electron chi connectivity index (χ2n) is 6.05. The fraction of sp³-hybridized carbons (Fsp3) is 0.368. The predicted molar refractivity (Wildman–Crippen MR) is 85.6 cm³/mol. The van der Waals surface area contributed by atoms with E-state index in [1.165, 1.54) is 0 Å². The van der Waals surface area contributed by atoms with Crippen molar-refractivity contribution in [3.05, 3.63) is 41.5 Å². The minimum Gasteiger partial charge on any atom is -0.491 e. The third-order valence-corrected chi connectivity index (χ3v) is 4.57. The molecule has 1 fully saturated rings. The van der Waals surface area contributed by atoms with Gasteiger partial charge >= 0.3 is 0 Å². The monoisotopic (exact) mass is 332 g/mol. The molecule has 2 aliphatic rings. The quantitative estimate of drug-likeness (QED) is 0.801. The highest BCUT2D eigenvalue weighted by atomic mass is 19.1. The standard InChI is InChI=1S/C19H18F2O3/c1-2-22-15-8-7-13-12-6-9-16(24-11-4-3-5-11)17(20)14(12)10-23-19(13)18(15)21/h6-9,11H,2-5,10H2,1H3. The zero-order chi connectivity index (χ0) is 16.7. The largest absolute Gasteiger partial charge is 0.491 e.